The van der Waals surface area contributed by atoms with Gasteiger partial charge in [0, 0.05) is 30.3 Å². The van der Waals surface area contributed by atoms with Crippen LogP contribution in [-0.2, 0) is 6.42 Å². The molecule has 8 nitrogen and oxygen atoms in total. The summed E-state index contributed by atoms with van der Waals surface area (Å²) in [5, 5.41) is 21.8. The molecule has 0 aliphatic carbocycles. The van der Waals surface area contributed by atoms with E-state index in [1.54, 1.807) is 6.07 Å². The number of nitro benzene ring substituents is 2. The van der Waals surface area contributed by atoms with Crippen LogP contribution in [0.15, 0.2) is 36.4 Å². The third-order valence-electron chi connectivity index (χ3n) is 3.81. The zero-order valence-electron chi connectivity index (χ0n) is 12.1. The molecule has 3 rings (SSSR count). The number of rotatable bonds is 3. The van der Waals surface area contributed by atoms with Crippen LogP contribution in [-0.4, -0.2) is 22.3 Å². The van der Waals surface area contributed by atoms with Crippen LogP contribution in [0, 0.1) is 20.2 Å². The van der Waals surface area contributed by atoms with Gasteiger partial charge in [-0.3, -0.25) is 25.0 Å². The average Bonchev–Trinajstić information content (AvgIpc) is 2.97. The molecular formula is C15H10ClN3O5. The lowest BCUT2D eigenvalue weighted by Crippen LogP contribution is -2.28. The first-order chi connectivity index (χ1) is 11.4. The smallest absolute Gasteiger partial charge is 0.288 e. The van der Waals surface area contributed by atoms with E-state index in [2.05, 4.69) is 0 Å². The Kier molecular flexibility index (Phi) is 3.90. The van der Waals surface area contributed by atoms with Gasteiger partial charge in [0.15, 0.2) is 0 Å². The lowest BCUT2D eigenvalue weighted by molar-refractivity contribution is -0.384. The quantitative estimate of drug-likeness (QED) is 0.625. The maximum atomic E-state index is 12.7. The minimum absolute atomic E-state index is 0.0611. The molecular weight excluding hydrogens is 338 g/mol. The van der Waals surface area contributed by atoms with Gasteiger partial charge in [-0.25, -0.2) is 0 Å². The summed E-state index contributed by atoms with van der Waals surface area (Å²) < 4.78 is 0. The second-order valence-corrected chi connectivity index (χ2v) is 5.61. The van der Waals surface area contributed by atoms with Crippen LogP contribution >= 0.6 is 11.6 Å². The molecule has 0 saturated heterocycles. The lowest BCUT2D eigenvalue weighted by Gasteiger charge is -2.17. The highest BCUT2D eigenvalue weighted by Crippen LogP contribution is 2.33. The van der Waals surface area contributed by atoms with E-state index in [9.17, 15) is 25.0 Å². The molecule has 0 fully saturated rings. The van der Waals surface area contributed by atoms with Gasteiger partial charge in [-0.2, -0.15) is 0 Å². The van der Waals surface area contributed by atoms with Crippen molar-refractivity contribution in [2.45, 2.75) is 6.42 Å². The molecule has 2 aromatic rings. The predicted molar refractivity (Wildman–Crippen MR) is 86.6 cm³/mol. The number of halogens is 1. The predicted octanol–water partition coefficient (Wildman–Crippen LogP) is 3.36. The monoisotopic (exact) mass is 347 g/mol. The molecule has 122 valence electrons. The van der Waals surface area contributed by atoms with E-state index >= 15 is 0 Å². The lowest BCUT2D eigenvalue weighted by atomic mass is 10.1. The number of amides is 1. The highest BCUT2D eigenvalue weighted by molar-refractivity contribution is 6.32. The maximum Gasteiger partial charge on any atom is 0.288 e. The minimum Gasteiger partial charge on any atom is -0.307 e. The molecule has 9 heteroatoms. The van der Waals surface area contributed by atoms with Crippen LogP contribution < -0.4 is 4.90 Å². The van der Waals surface area contributed by atoms with Gasteiger partial charge < -0.3 is 4.90 Å². The van der Waals surface area contributed by atoms with E-state index in [1.807, 2.05) is 0 Å². The van der Waals surface area contributed by atoms with Crippen LogP contribution in [0.3, 0.4) is 0 Å². The highest BCUT2D eigenvalue weighted by Gasteiger charge is 2.28. The Labute approximate surface area is 140 Å². The van der Waals surface area contributed by atoms with Gasteiger partial charge >= 0.3 is 0 Å². The number of carbonyl (C=O) groups is 1. The zero-order valence-corrected chi connectivity index (χ0v) is 12.9. The van der Waals surface area contributed by atoms with Crippen molar-refractivity contribution in [3.05, 3.63) is 72.8 Å². The van der Waals surface area contributed by atoms with E-state index in [1.165, 1.54) is 29.2 Å². The molecule has 1 aliphatic heterocycles. The number of nitro groups is 2. The SMILES string of the molecule is O=C(c1ccc(Cl)c([N+](=O)[O-])c1)N1CCc2ccc([N+](=O)[O-])cc21. The van der Waals surface area contributed by atoms with Gasteiger partial charge in [-0.05, 0) is 24.1 Å². The molecule has 0 N–H and O–H groups in total. The number of carbonyl (C=O) groups excluding carboxylic acids is 1. The molecule has 0 saturated carbocycles. The molecule has 2 aromatic carbocycles. The van der Waals surface area contributed by atoms with Crippen LogP contribution in [0.5, 0.6) is 0 Å². The zero-order chi connectivity index (χ0) is 17.4. The van der Waals surface area contributed by atoms with Crippen molar-refractivity contribution in [3.8, 4) is 0 Å². The van der Waals surface area contributed by atoms with Gasteiger partial charge in [0.05, 0.1) is 15.5 Å². The molecule has 1 heterocycles. The number of hydrogen-bond acceptors (Lipinski definition) is 5. The standard InChI is InChI=1S/C15H10ClN3O5/c16-12-4-2-10(7-14(12)19(23)24)15(20)17-6-5-9-1-3-11(18(21)22)8-13(9)17/h1-4,7-8H,5-6H2. The fourth-order valence-corrected chi connectivity index (χ4v) is 2.82. The van der Waals surface area contributed by atoms with Crippen molar-refractivity contribution < 1.29 is 14.6 Å². The Morgan fingerprint density at radius 3 is 2.50 bits per heavy atom. The summed E-state index contributed by atoms with van der Waals surface area (Å²) in [5.74, 6) is -0.464. The Hall–Kier alpha value is -3.00. The van der Waals surface area contributed by atoms with Gasteiger partial charge in [0.25, 0.3) is 17.3 Å². The first-order valence-electron chi connectivity index (χ1n) is 6.91. The van der Waals surface area contributed by atoms with E-state index in [-0.39, 0.29) is 22.0 Å². The molecule has 0 bridgehead atoms. The summed E-state index contributed by atoms with van der Waals surface area (Å²) >= 11 is 5.75. The average molecular weight is 348 g/mol. The summed E-state index contributed by atoms with van der Waals surface area (Å²) in [4.78, 5) is 34.7. The minimum atomic E-state index is -0.665. The van der Waals surface area contributed by atoms with Gasteiger partial charge in [-0.1, -0.05) is 17.7 Å². The van der Waals surface area contributed by atoms with E-state index in [4.69, 9.17) is 11.6 Å². The van der Waals surface area contributed by atoms with E-state index in [0.29, 0.717) is 18.7 Å². The number of non-ortho nitro benzene ring substituents is 1. The third-order valence-corrected chi connectivity index (χ3v) is 4.13. The number of fused-ring (bicyclic) bond motifs is 1. The molecule has 1 amide bonds. The van der Waals surface area contributed by atoms with Crippen molar-refractivity contribution in [3.63, 3.8) is 0 Å². The molecule has 0 radical (unpaired) electrons. The molecule has 0 atom stereocenters. The highest BCUT2D eigenvalue weighted by atomic mass is 35.5. The Morgan fingerprint density at radius 1 is 1.08 bits per heavy atom. The summed E-state index contributed by atoms with van der Waals surface area (Å²) in [5.41, 5.74) is 0.895. The summed E-state index contributed by atoms with van der Waals surface area (Å²) in [6.07, 6.45) is 0.564. The summed E-state index contributed by atoms with van der Waals surface area (Å²) in [6.45, 7) is 0.353. The largest absolute Gasteiger partial charge is 0.307 e. The Morgan fingerprint density at radius 2 is 1.83 bits per heavy atom. The van der Waals surface area contributed by atoms with Gasteiger partial charge in [-0.15, -0.1) is 0 Å². The normalized spacial score (nSPS) is 12.8. The van der Waals surface area contributed by atoms with E-state index in [0.717, 1.165) is 11.6 Å². The first kappa shape index (κ1) is 15.9. The summed E-state index contributed by atoms with van der Waals surface area (Å²) in [7, 11) is 0. The van der Waals surface area contributed by atoms with Crippen molar-refractivity contribution >= 4 is 34.6 Å². The van der Waals surface area contributed by atoms with Gasteiger partial charge in [0.2, 0.25) is 0 Å². The van der Waals surface area contributed by atoms with Crippen molar-refractivity contribution in [2.75, 3.05) is 11.4 Å². The molecule has 0 aromatic heterocycles. The molecule has 1 aliphatic rings. The van der Waals surface area contributed by atoms with Crippen molar-refractivity contribution in [1.29, 1.82) is 0 Å². The third kappa shape index (κ3) is 2.67. The van der Waals surface area contributed by atoms with Crippen LogP contribution in [0.1, 0.15) is 15.9 Å². The number of benzene rings is 2. The second-order valence-electron chi connectivity index (χ2n) is 5.20. The van der Waals surface area contributed by atoms with E-state index < -0.39 is 15.8 Å². The van der Waals surface area contributed by atoms with Gasteiger partial charge in [0.1, 0.15) is 5.02 Å². The number of nitrogens with zero attached hydrogens (tertiary/aromatic N) is 3. The van der Waals surface area contributed by atoms with Crippen molar-refractivity contribution in [2.24, 2.45) is 0 Å². The number of hydrogen-bond donors (Lipinski definition) is 0. The van der Waals surface area contributed by atoms with Crippen LogP contribution in [0.2, 0.25) is 5.02 Å². The number of anilines is 1. The molecule has 0 spiro atoms. The fourth-order valence-electron chi connectivity index (χ4n) is 2.63. The van der Waals surface area contributed by atoms with Crippen LogP contribution in [0.25, 0.3) is 0 Å². The Balaban J connectivity index is 1.99. The van der Waals surface area contributed by atoms with Crippen molar-refractivity contribution in [1.82, 2.24) is 0 Å². The second kappa shape index (κ2) is 5.89. The molecule has 24 heavy (non-hydrogen) atoms. The maximum absolute atomic E-state index is 12.7. The first-order valence-corrected chi connectivity index (χ1v) is 7.29. The Bertz CT molecular complexity index is 883. The molecule has 0 unspecified atom stereocenters. The topological polar surface area (TPSA) is 107 Å². The van der Waals surface area contributed by atoms with Crippen LogP contribution in [0.4, 0.5) is 17.1 Å². The summed E-state index contributed by atoms with van der Waals surface area (Å²) in [6, 6.07) is 8.14. The fraction of sp³-hybridized carbons (Fsp3) is 0.133.